The minimum atomic E-state index is -0.282. The van der Waals surface area contributed by atoms with E-state index in [1.807, 2.05) is 24.3 Å². The first-order valence-electron chi connectivity index (χ1n) is 7.64. The van der Waals surface area contributed by atoms with Crippen molar-refractivity contribution in [1.82, 2.24) is 14.8 Å². The van der Waals surface area contributed by atoms with E-state index in [1.165, 1.54) is 4.90 Å². The molecule has 6 nitrogen and oxygen atoms in total. The van der Waals surface area contributed by atoms with E-state index in [1.54, 1.807) is 6.07 Å². The van der Waals surface area contributed by atoms with Crippen LogP contribution in [0.3, 0.4) is 0 Å². The van der Waals surface area contributed by atoms with Gasteiger partial charge in [0.25, 0.3) is 5.91 Å². The number of rotatable bonds is 4. The predicted molar refractivity (Wildman–Crippen MR) is 91.9 cm³/mol. The molecule has 2 aromatic rings. The van der Waals surface area contributed by atoms with Crippen LogP contribution in [0.25, 0.3) is 10.9 Å². The Kier molecular flexibility index (Phi) is 4.54. The van der Waals surface area contributed by atoms with Crippen LogP contribution in [0, 0.1) is 5.41 Å². The van der Waals surface area contributed by atoms with E-state index in [0.29, 0.717) is 18.8 Å². The highest BCUT2D eigenvalue weighted by atomic mass is 35.5. The fourth-order valence-corrected chi connectivity index (χ4v) is 3.19. The Morgan fingerprint density at radius 2 is 2.26 bits per heavy atom. The van der Waals surface area contributed by atoms with Gasteiger partial charge in [-0.3, -0.25) is 15.1 Å². The molecule has 1 aliphatic heterocycles. The van der Waals surface area contributed by atoms with Gasteiger partial charge in [-0.1, -0.05) is 18.2 Å². The summed E-state index contributed by atoms with van der Waals surface area (Å²) in [5.74, 6) is -0.523. The Labute approximate surface area is 139 Å². The van der Waals surface area contributed by atoms with Crippen molar-refractivity contribution in [3.8, 4) is 0 Å². The number of para-hydroxylation sites is 1. The lowest BCUT2D eigenvalue weighted by molar-refractivity contribution is 0.0830. The van der Waals surface area contributed by atoms with Gasteiger partial charge < -0.3 is 15.6 Å². The number of hydrogen-bond donors (Lipinski definition) is 3. The molecule has 1 aromatic heterocycles. The Morgan fingerprint density at radius 1 is 1.48 bits per heavy atom. The molecule has 0 saturated carbocycles. The van der Waals surface area contributed by atoms with Crippen LogP contribution in [0.1, 0.15) is 16.9 Å². The number of amides is 1. The number of nitrogens with one attached hydrogen (secondary N) is 2. The van der Waals surface area contributed by atoms with Crippen molar-refractivity contribution in [1.29, 1.82) is 5.41 Å². The number of H-pyrrole nitrogens is 1. The van der Waals surface area contributed by atoms with Gasteiger partial charge in [0.1, 0.15) is 5.69 Å². The average Bonchev–Trinajstić information content (AvgIpc) is 3.12. The highest BCUT2D eigenvalue weighted by molar-refractivity contribution is 6.20. The van der Waals surface area contributed by atoms with Gasteiger partial charge in [0.05, 0.1) is 0 Å². The van der Waals surface area contributed by atoms with Crippen LogP contribution < -0.4 is 5.73 Å². The van der Waals surface area contributed by atoms with Crippen molar-refractivity contribution in [2.24, 2.45) is 5.73 Å². The fraction of sp³-hybridized carbons (Fsp3) is 0.375. The summed E-state index contributed by atoms with van der Waals surface area (Å²) >= 11 is 6.09. The molecule has 2 heterocycles. The topological polar surface area (TPSA) is 89.2 Å². The van der Waals surface area contributed by atoms with E-state index in [9.17, 15) is 4.79 Å². The van der Waals surface area contributed by atoms with Gasteiger partial charge in [0, 0.05) is 35.9 Å². The molecule has 1 aliphatic rings. The zero-order valence-electron chi connectivity index (χ0n) is 12.8. The first-order valence-corrected chi connectivity index (χ1v) is 8.08. The molecule has 3 rings (SSSR count). The van der Waals surface area contributed by atoms with Gasteiger partial charge >= 0.3 is 0 Å². The summed E-state index contributed by atoms with van der Waals surface area (Å²) in [6, 6.07) is 9.47. The molecule has 0 spiro atoms. The summed E-state index contributed by atoms with van der Waals surface area (Å²) in [6.07, 6.45) is 0.956. The normalized spacial score (nSPS) is 18.4. The van der Waals surface area contributed by atoms with Crippen molar-refractivity contribution in [2.45, 2.75) is 11.8 Å². The molecule has 0 bridgehead atoms. The largest absolute Gasteiger partial charge is 0.370 e. The molecule has 1 amide bonds. The van der Waals surface area contributed by atoms with E-state index in [-0.39, 0.29) is 17.2 Å². The van der Waals surface area contributed by atoms with Gasteiger partial charge in [0.2, 0.25) is 0 Å². The molecule has 1 aromatic carbocycles. The van der Waals surface area contributed by atoms with Crippen molar-refractivity contribution in [2.75, 3.05) is 26.2 Å². The summed E-state index contributed by atoms with van der Waals surface area (Å²) in [6.45, 7) is 2.77. The molecule has 4 N–H and O–H groups in total. The van der Waals surface area contributed by atoms with Crippen molar-refractivity contribution in [3.63, 3.8) is 0 Å². The first kappa shape index (κ1) is 15.8. The minimum Gasteiger partial charge on any atom is -0.370 e. The number of nitrogens with zero attached hydrogens (tertiary/aromatic N) is 2. The number of aromatic nitrogens is 1. The average molecular weight is 334 g/mol. The van der Waals surface area contributed by atoms with Gasteiger partial charge in [-0.25, -0.2) is 0 Å². The van der Waals surface area contributed by atoms with E-state index in [0.717, 1.165) is 30.4 Å². The number of carbonyl (C=O) groups is 1. The van der Waals surface area contributed by atoms with Crippen LogP contribution in [-0.2, 0) is 0 Å². The number of guanidine groups is 1. The maximum atomic E-state index is 12.7. The lowest BCUT2D eigenvalue weighted by atomic mass is 10.2. The van der Waals surface area contributed by atoms with E-state index < -0.39 is 0 Å². The number of nitrogens with two attached hydrogens (primary N) is 1. The highest BCUT2D eigenvalue weighted by Gasteiger charge is 2.24. The third-order valence-corrected chi connectivity index (χ3v) is 4.51. The van der Waals surface area contributed by atoms with Gasteiger partial charge in [-0.05, 0) is 25.1 Å². The molecule has 7 heteroatoms. The summed E-state index contributed by atoms with van der Waals surface area (Å²) in [5.41, 5.74) is 6.95. The molecule has 122 valence electrons. The smallest absolute Gasteiger partial charge is 0.277 e. The fourth-order valence-electron chi connectivity index (χ4n) is 2.90. The lowest BCUT2D eigenvalue weighted by Crippen LogP contribution is -2.45. The Hall–Kier alpha value is -2.05. The number of hydrogen-bond acceptors (Lipinski definition) is 3. The number of alkyl halides is 1. The number of benzene rings is 1. The Balaban J connectivity index is 1.72. The molecule has 1 unspecified atom stereocenters. The SMILES string of the molecule is N=C(N)N(CCN1CCC(Cl)C1)C(=O)c1cc2ccccc2[nH]1. The number of carbonyl (C=O) groups excluding carboxylic acids is 1. The van der Waals surface area contributed by atoms with Gasteiger partial charge in [-0.2, -0.15) is 0 Å². The van der Waals surface area contributed by atoms with Crippen LogP contribution in [0.4, 0.5) is 0 Å². The second kappa shape index (κ2) is 6.60. The highest BCUT2D eigenvalue weighted by Crippen LogP contribution is 2.17. The molecule has 0 radical (unpaired) electrons. The third kappa shape index (κ3) is 3.48. The van der Waals surface area contributed by atoms with Crippen LogP contribution in [-0.4, -0.2) is 58.2 Å². The molecule has 1 saturated heterocycles. The molecular formula is C16H20ClN5O. The minimum absolute atomic E-state index is 0.171. The molecule has 0 aliphatic carbocycles. The van der Waals surface area contributed by atoms with Gasteiger partial charge in [-0.15, -0.1) is 11.6 Å². The maximum absolute atomic E-state index is 12.7. The lowest BCUT2D eigenvalue weighted by Gasteiger charge is -2.23. The third-order valence-electron chi connectivity index (χ3n) is 4.15. The van der Waals surface area contributed by atoms with E-state index >= 15 is 0 Å². The van der Waals surface area contributed by atoms with Crippen LogP contribution >= 0.6 is 11.6 Å². The summed E-state index contributed by atoms with van der Waals surface area (Å²) in [7, 11) is 0. The Bertz CT molecular complexity index is 695. The summed E-state index contributed by atoms with van der Waals surface area (Å²) in [5, 5.41) is 8.84. The van der Waals surface area contributed by atoms with Crippen LogP contribution in [0.5, 0.6) is 0 Å². The van der Waals surface area contributed by atoms with Crippen LogP contribution in [0.2, 0.25) is 0 Å². The quantitative estimate of drug-likeness (QED) is 0.453. The zero-order chi connectivity index (χ0) is 16.4. The second-order valence-electron chi connectivity index (χ2n) is 5.80. The summed E-state index contributed by atoms with van der Waals surface area (Å²) < 4.78 is 0. The molecule has 1 fully saturated rings. The van der Waals surface area contributed by atoms with E-state index in [4.69, 9.17) is 22.7 Å². The van der Waals surface area contributed by atoms with Crippen LogP contribution in [0.15, 0.2) is 30.3 Å². The Morgan fingerprint density at radius 3 is 2.91 bits per heavy atom. The van der Waals surface area contributed by atoms with Gasteiger partial charge in [0.15, 0.2) is 5.96 Å². The first-order chi connectivity index (χ1) is 11.0. The molecule has 1 atom stereocenters. The van der Waals surface area contributed by atoms with Crippen molar-refractivity contribution in [3.05, 3.63) is 36.0 Å². The van der Waals surface area contributed by atoms with E-state index in [2.05, 4.69) is 9.88 Å². The zero-order valence-corrected chi connectivity index (χ0v) is 13.5. The monoisotopic (exact) mass is 333 g/mol. The standard InChI is InChI=1S/C16H20ClN5O/c17-12-5-6-21(10-12)7-8-22(16(18)19)15(23)14-9-11-3-1-2-4-13(11)20-14/h1-4,9,12,20H,5-8,10H2,(H3,18,19). The molecule has 23 heavy (non-hydrogen) atoms. The molecular weight excluding hydrogens is 314 g/mol. The number of halogens is 1. The number of aromatic amines is 1. The number of fused-ring (bicyclic) bond motifs is 1. The maximum Gasteiger partial charge on any atom is 0.277 e. The van der Waals surface area contributed by atoms with Crippen molar-refractivity contribution >= 4 is 34.4 Å². The summed E-state index contributed by atoms with van der Waals surface area (Å²) in [4.78, 5) is 19.2. The number of likely N-dealkylation sites (tertiary alicyclic amines) is 1. The second-order valence-corrected chi connectivity index (χ2v) is 6.42. The predicted octanol–water partition coefficient (Wildman–Crippen LogP) is 1.82. The van der Waals surface area contributed by atoms with Crippen molar-refractivity contribution < 1.29 is 4.79 Å².